The van der Waals surface area contributed by atoms with E-state index in [1.165, 1.54) is 0 Å². The third-order valence-corrected chi connectivity index (χ3v) is 2.38. The summed E-state index contributed by atoms with van der Waals surface area (Å²) in [6.07, 6.45) is -0.516. The molecule has 0 bridgehead atoms. The van der Waals surface area contributed by atoms with Gasteiger partial charge in [-0.25, -0.2) is 4.79 Å². The maximum atomic E-state index is 11.8. The summed E-state index contributed by atoms with van der Waals surface area (Å²) in [5.41, 5.74) is 0.465. The highest BCUT2D eigenvalue weighted by Crippen LogP contribution is 2.12. The molecule has 0 N–H and O–H groups in total. The van der Waals surface area contributed by atoms with Crippen LogP contribution < -0.4 is 4.74 Å². The molecule has 1 rings (SSSR count). The van der Waals surface area contributed by atoms with Crippen LogP contribution in [-0.4, -0.2) is 39.2 Å². The fourth-order valence-electron chi connectivity index (χ4n) is 1.47. The highest BCUT2D eigenvalue weighted by molar-refractivity contribution is 5.89. The van der Waals surface area contributed by atoms with Gasteiger partial charge in [0.05, 0.1) is 12.7 Å². The van der Waals surface area contributed by atoms with Crippen molar-refractivity contribution in [2.45, 2.75) is 20.1 Å². The Labute approximate surface area is 113 Å². The van der Waals surface area contributed by atoms with Crippen LogP contribution >= 0.6 is 0 Å². The highest BCUT2D eigenvalue weighted by Gasteiger charge is 2.13. The van der Waals surface area contributed by atoms with E-state index in [0.717, 1.165) is 0 Å². The average molecular weight is 268 g/mol. The van der Waals surface area contributed by atoms with Crippen molar-refractivity contribution >= 4 is 5.97 Å². The molecule has 5 heteroatoms. The summed E-state index contributed by atoms with van der Waals surface area (Å²) in [6, 6.07) is 6.72. The Morgan fingerprint density at radius 1 is 1.11 bits per heavy atom. The summed E-state index contributed by atoms with van der Waals surface area (Å²) in [5.74, 6) is 0.283. The summed E-state index contributed by atoms with van der Waals surface area (Å²) in [7, 11) is 1.57. The third-order valence-electron chi connectivity index (χ3n) is 2.38. The van der Waals surface area contributed by atoms with Gasteiger partial charge in [0.25, 0.3) is 0 Å². The Morgan fingerprint density at radius 2 is 1.68 bits per heavy atom. The maximum Gasteiger partial charge on any atom is 0.338 e. The van der Waals surface area contributed by atoms with E-state index < -0.39 is 12.3 Å². The van der Waals surface area contributed by atoms with E-state index >= 15 is 0 Å². The first-order valence-electron chi connectivity index (χ1n) is 6.25. The number of methoxy groups -OCH3 is 1. The molecule has 0 spiro atoms. The van der Waals surface area contributed by atoms with E-state index in [0.29, 0.717) is 24.5 Å². The van der Waals surface area contributed by atoms with Crippen molar-refractivity contribution in [2.24, 2.45) is 0 Å². The molecule has 0 aromatic heterocycles. The Balaban J connectivity index is 2.48. The molecule has 19 heavy (non-hydrogen) atoms. The van der Waals surface area contributed by atoms with E-state index in [-0.39, 0.29) is 6.61 Å². The van der Waals surface area contributed by atoms with Gasteiger partial charge in [-0.3, -0.25) is 0 Å². The summed E-state index contributed by atoms with van der Waals surface area (Å²) in [5, 5.41) is 0. The number of ether oxygens (including phenoxy) is 4. The molecule has 0 fully saturated rings. The van der Waals surface area contributed by atoms with Crippen LogP contribution in [0.2, 0.25) is 0 Å². The quantitative estimate of drug-likeness (QED) is 0.534. The Morgan fingerprint density at radius 3 is 2.16 bits per heavy atom. The number of rotatable bonds is 8. The topological polar surface area (TPSA) is 54.0 Å². The van der Waals surface area contributed by atoms with Gasteiger partial charge in [0.1, 0.15) is 12.4 Å². The largest absolute Gasteiger partial charge is 0.497 e. The highest BCUT2D eigenvalue weighted by atomic mass is 16.7. The van der Waals surface area contributed by atoms with E-state index in [9.17, 15) is 4.79 Å². The predicted molar refractivity (Wildman–Crippen MR) is 70.3 cm³/mol. The van der Waals surface area contributed by atoms with Crippen molar-refractivity contribution in [3.63, 3.8) is 0 Å². The van der Waals surface area contributed by atoms with Gasteiger partial charge < -0.3 is 18.9 Å². The molecule has 0 aliphatic heterocycles. The standard InChI is InChI=1S/C14H20O5/c1-4-17-13(18-5-2)10-19-14(15)11-6-8-12(16-3)9-7-11/h6-9,13H,4-5,10H2,1-3H3. The molecule has 0 aliphatic carbocycles. The molecule has 5 nitrogen and oxygen atoms in total. The van der Waals surface area contributed by atoms with Crippen molar-refractivity contribution in [1.82, 2.24) is 0 Å². The molecule has 0 amide bonds. The van der Waals surface area contributed by atoms with Crippen molar-refractivity contribution in [1.29, 1.82) is 0 Å². The zero-order valence-electron chi connectivity index (χ0n) is 11.5. The van der Waals surface area contributed by atoms with Crippen LogP contribution in [0.3, 0.4) is 0 Å². The van der Waals surface area contributed by atoms with Gasteiger partial charge in [-0.05, 0) is 38.1 Å². The Bertz CT molecular complexity index is 368. The van der Waals surface area contributed by atoms with Gasteiger partial charge >= 0.3 is 5.97 Å². The normalized spacial score (nSPS) is 10.5. The van der Waals surface area contributed by atoms with Gasteiger partial charge in [-0.2, -0.15) is 0 Å². The number of carbonyl (C=O) groups excluding carboxylic acids is 1. The number of benzene rings is 1. The fraction of sp³-hybridized carbons (Fsp3) is 0.500. The SMILES string of the molecule is CCOC(COC(=O)c1ccc(OC)cc1)OCC. The van der Waals surface area contributed by atoms with E-state index in [1.54, 1.807) is 31.4 Å². The molecule has 0 saturated heterocycles. The monoisotopic (exact) mass is 268 g/mol. The number of hydrogen-bond donors (Lipinski definition) is 0. The molecule has 106 valence electrons. The Kier molecular flexibility index (Phi) is 6.92. The zero-order valence-corrected chi connectivity index (χ0v) is 11.5. The lowest BCUT2D eigenvalue weighted by Crippen LogP contribution is -2.25. The van der Waals surface area contributed by atoms with E-state index in [2.05, 4.69) is 0 Å². The van der Waals surface area contributed by atoms with Crippen LogP contribution in [0.1, 0.15) is 24.2 Å². The van der Waals surface area contributed by atoms with Crippen LogP contribution in [0.25, 0.3) is 0 Å². The number of carbonyl (C=O) groups is 1. The molecule has 0 heterocycles. The summed E-state index contributed by atoms with van der Waals surface area (Å²) >= 11 is 0. The number of hydrogen-bond acceptors (Lipinski definition) is 5. The first-order valence-corrected chi connectivity index (χ1v) is 6.25. The molecular weight excluding hydrogens is 248 g/mol. The first kappa shape index (κ1) is 15.5. The van der Waals surface area contributed by atoms with Gasteiger partial charge in [0.2, 0.25) is 0 Å². The minimum absolute atomic E-state index is 0.0759. The van der Waals surface area contributed by atoms with E-state index in [4.69, 9.17) is 18.9 Å². The van der Waals surface area contributed by atoms with Crippen molar-refractivity contribution in [2.75, 3.05) is 26.9 Å². The lowest BCUT2D eigenvalue weighted by atomic mass is 10.2. The Hall–Kier alpha value is -1.59. The van der Waals surface area contributed by atoms with Crippen LogP contribution in [-0.2, 0) is 14.2 Å². The van der Waals surface area contributed by atoms with Crippen LogP contribution in [0.4, 0.5) is 0 Å². The lowest BCUT2D eigenvalue weighted by Gasteiger charge is -2.16. The first-order chi connectivity index (χ1) is 9.21. The molecule has 0 atom stereocenters. The lowest BCUT2D eigenvalue weighted by molar-refractivity contribution is -0.158. The van der Waals surface area contributed by atoms with Gasteiger partial charge in [-0.15, -0.1) is 0 Å². The summed E-state index contributed by atoms with van der Waals surface area (Å²) in [6.45, 7) is 4.80. The summed E-state index contributed by atoms with van der Waals surface area (Å²) < 4.78 is 20.7. The van der Waals surface area contributed by atoms with Crippen LogP contribution in [0.5, 0.6) is 5.75 Å². The van der Waals surface area contributed by atoms with Crippen molar-refractivity contribution < 1.29 is 23.7 Å². The minimum Gasteiger partial charge on any atom is -0.497 e. The third kappa shape index (κ3) is 5.28. The van der Waals surface area contributed by atoms with Crippen molar-refractivity contribution in [3.05, 3.63) is 29.8 Å². The molecule has 0 aliphatic rings. The molecule has 1 aromatic carbocycles. The number of esters is 1. The van der Waals surface area contributed by atoms with Gasteiger partial charge in [0.15, 0.2) is 6.29 Å². The molecule has 0 saturated carbocycles. The van der Waals surface area contributed by atoms with E-state index in [1.807, 2.05) is 13.8 Å². The summed E-state index contributed by atoms with van der Waals surface area (Å²) in [4.78, 5) is 11.8. The molecular formula is C14H20O5. The smallest absolute Gasteiger partial charge is 0.338 e. The van der Waals surface area contributed by atoms with Gasteiger partial charge in [-0.1, -0.05) is 0 Å². The predicted octanol–water partition coefficient (Wildman–Crippen LogP) is 2.25. The fourth-order valence-corrected chi connectivity index (χ4v) is 1.47. The second-order valence-electron chi connectivity index (χ2n) is 3.67. The zero-order chi connectivity index (χ0) is 14.1. The van der Waals surface area contributed by atoms with Gasteiger partial charge in [0, 0.05) is 13.2 Å². The average Bonchev–Trinajstić information content (AvgIpc) is 2.45. The second kappa shape index (κ2) is 8.50. The van der Waals surface area contributed by atoms with Crippen LogP contribution in [0.15, 0.2) is 24.3 Å². The minimum atomic E-state index is -0.516. The second-order valence-corrected chi connectivity index (χ2v) is 3.67. The molecule has 1 aromatic rings. The maximum absolute atomic E-state index is 11.8. The molecule has 0 unspecified atom stereocenters. The molecule has 0 radical (unpaired) electrons. The van der Waals surface area contributed by atoms with Crippen molar-refractivity contribution in [3.8, 4) is 5.75 Å². The van der Waals surface area contributed by atoms with Crippen LogP contribution in [0, 0.1) is 0 Å².